The van der Waals surface area contributed by atoms with Crippen LogP contribution in [0.3, 0.4) is 0 Å². The zero-order valence-corrected chi connectivity index (χ0v) is 15.1. The largest absolute Gasteiger partial charge is 0.379 e. The van der Waals surface area contributed by atoms with Gasteiger partial charge in [-0.3, -0.25) is 4.79 Å². The maximum absolute atomic E-state index is 12.1. The molecule has 2 aromatic rings. The Morgan fingerprint density at radius 3 is 2.50 bits per heavy atom. The monoisotopic (exact) mass is 329 g/mol. The number of aromatic nitrogens is 3. The van der Waals surface area contributed by atoms with Crippen LogP contribution in [0.15, 0.2) is 24.4 Å². The van der Waals surface area contributed by atoms with E-state index < -0.39 is 0 Å². The number of nitrogens with one attached hydrogen (secondary N) is 2. The minimum absolute atomic E-state index is 0.0390. The second-order valence-electron chi connectivity index (χ2n) is 6.63. The molecule has 2 N–H and O–H groups in total. The summed E-state index contributed by atoms with van der Waals surface area (Å²) < 4.78 is 1.61. The predicted octanol–water partition coefficient (Wildman–Crippen LogP) is 2.84. The lowest BCUT2D eigenvalue weighted by atomic mass is 10.1. The number of carbonyl (C=O) groups excluding carboxylic acids is 1. The van der Waals surface area contributed by atoms with Crippen LogP contribution in [0.2, 0.25) is 0 Å². The van der Waals surface area contributed by atoms with Gasteiger partial charge in [-0.25, -0.2) is 4.68 Å². The van der Waals surface area contributed by atoms with Gasteiger partial charge in [-0.15, -0.1) is 5.10 Å². The first kappa shape index (κ1) is 18.0. The molecule has 2 rings (SSSR count). The Kier molecular flexibility index (Phi) is 5.95. The lowest BCUT2D eigenvalue weighted by Crippen LogP contribution is -2.33. The van der Waals surface area contributed by atoms with E-state index >= 15 is 0 Å². The van der Waals surface area contributed by atoms with Crippen LogP contribution in [0.1, 0.15) is 43.6 Å². The number of carbonyl (C=O) groups is 1. The zero-order chi connectivity index (χ0) is 17.7. The molecule has 1 heterocycles. The molecule has 0 saturated carbocycles. The molecule has 0 spiro atoms. The van der Waals surface area contributed by atoms with Crippen LogP contribution in [0.5, 0.6) is 0 Å². The van der Waals surface area contributed by atoms with Gasteiger partial charge in [0.25, 0.3) is 0 Å². The first-order valence-corrected chi connectivity index (χ1v) is 8.37. The lowest BCUT2D eigenvalue weighted by molar-refractivity contribution is -0.124. The van der Waals surface area contributed by atoms with Gasteiger partial charge in [0, 0.05) is 12.2 Å². The SMILES string of the molecule is Cc1cccc(C)c1NCc1cn(C(C)C(=O)NCC(C)C)nn1. The molecular weight excluding hydrogens is 302 g/mol. The summed E-state index contributed by atoms with van der Waals surface area (Å²) >= 11 is 0. The van der Waals surface area contributed by atoms with E-state index in [2.05, 4.69) is 60.8 Å². The Hall–Kier alpha value is -2.37. The zero-order valence-electron chi connectivity index (χ0n) is 15.1. The van der Waals surface area contributed by atoms with Crippen molar-refractivity contribution in [1.29, 1.82) is 0 Å². The summed E-state index contributed by atoms with van der Waals surface area (Å²) in [6.45, 7) is 11.4. The summed E-state index contributed by atoms with van der Waals surface area (Å²) in [5, 5.41) is 14.6. The number of nitrogens with zero attached hydrogens (tertiary/aromatic N) is 3. The minimum atomic E-state index is -0.370. The number of anilines is 1. The molecular formula is C18H27N5O. The highest BCUT2D eigenvalue weighted by Crippen LogP contribution is 2.20. The van der Waals surface area contributed by atoms with Crippen molar-refractivity contribution in [1.82, 2.24) is 20.3 Å². The second-order valence-corrected chi connectivity index (χ2v) is 6.63. The number of amides is 1. The molecule has 24 heavy (non-hydrogen) atoms. The maximum Gasteiger partial charge on any atom is 0.244 e. The standard InChI is InChI=1S/C18H27N5O/c1-12(2)9-20-18(24)15(5)23-11-16(21-22-23)10-19-17-13(3)7-6-8-14(17)4/h6-8,11-12,15,19H,9-10H2,1-5H3,(H,20,24). The van der Waals surface area contributed by atoms with Crippen molar-refractivity contribution in [3.63, 3.8) is 0 Å². The van der Waals surface area contributed by atoms with Crippen molar-refractivity contribution in [3.8, 4) is 0 Å². The first-order valence-electron chi connectivity index (χ1n) is 8.37. The van der Waals surface area contributed by atoms with Crippen molar-refractivity contribution in [3.05, 3.63) is 41.2 Å². The number of benzene rings is 1. The van der Waals surface area contributed by atoms with E-state index in [-0.39, 0.29) is 11.9 Å². The summed E-state index contributed by atoms with van der Waals surface area (Å²) in [4.78, 5) is 12.1. The summed E-state index contributed by atoms with van der Waals surface area (Å²) in [6.07, 6.45) is 1.82. The molecule has 6 heteroatoms. The molecule has 6 nitrogen and oxygen atoms in total. The second kappa shape index (κ2) is 7.95. The number of para-hydroxylation sites is 1. The van der Waals surface area contributed by atoms with E-state index in [1.807, 2.05) is 19.2 Å². The van der Waals surface area contributed by atoms with Gasteiger partial charge < -0.3 is 10.6 Å². The number of aryl methyl sites for hydroxylation is 2. The smallest absolute Gasteiger partial charge is 0.244 e. The molecule has 1 aromatic carbocycles. The van der Waals surface area contributed by atoms with Gasteiger partial charge in [0.1, 0.15) is 11.7 Å². The van der Waals surface area contributed by atoms with Crippen LogP contribution < -0.4 is 10.6 Å². The van der Waals surface area contributed by atoms with Crippen molar-refractivity contribution in [2.24, 2.45) is 5.92 Å². The third-order valence-corrected chi connectivity index (χ3v) is 3.95. The molecule has 0 saturated heterocycles. The Bertz CT molecular complexity index is 672. The van der Waals surface area contributed by atoms with Gasteiger partial charge in [0.05, 0.1) is 12.7 Å². The van der Waals surface area contributed by atoms with Crippen molar-refractivity contribution in [2.75, 3.05) is 11.9 Å². The summed E-state index contributed by atoms with van der Waals surface area (Å²) in [6, 6.07) is 5.83. The molecule has 0 fully saturated rings. The van der Waals surface area contributed by atoms with Crippen molar-refractivity contribution >= 4 is 11.6 Å². The fraction of sp³-hybridized carbons (Fsp3) is 0.500. The van der Waals surface area contributed by atoms with Crippen LogP contribution in [0.4, 0.5) is 5.69 Å². The van der Waals surface area contributed by atoms with E-state index in [4.69, 9.17) is 0 Å². The minimum Gasteiger partial charge on any atom is -0.379 e. The molecule has 1 atom stereocenters. The highest BCUT2D eigenvalue weighted by molar-refractivity contribution is 5.79. The van der Waals surface area contributed by atoms with Crippen LogP contribution in [-0.4, -0.2) is 27.4 Å². The van der Waals surface area contributed by atoms with Crippen LogP contribution in [0, 0.1) is 19.8 Å². The molecule has 1 amide bonds. The molecule has 1 aromatic heterocycles. The van der Waals surface area contributed by atoms with Crippen LogP contribution >= 0.6 is 0 Å². The number of hydrogen-bond acceptors (Lipinski definition) is 4. The highest BCUT2D eigenvalue weighted by atomic mass is 16.2. The van der Waals surface area contributed by atoms with Gasteiger partial charge in [-0.05, 0) is 37.8 Å². The first-order chi connectivity index (χ1) is 11.4. The Morgan fingerprint density at radius 1 is 1.21 bits per heavy atom. The molecule has 0 radical (unpaired) electrons. The summed E-state index contributed by atoms with van der Waals surface area (Å²) in [5.74, 6) is 0.386. The number of rotatable bonds is 7. The van der Waals surface area contributed by atoms with Crippen molar-refractivity contribution in [2.45, 2.75) is 47.2 Å². The van der Waals surface area contributed by atoms with Gasteiger partial charge in [0.15, 0.2) is 0 Å². The topological polar surface area (TPSA) is 71.8 Å². The molecule has 1 unspecified atom stereocenters. The van der Waals surface area contributed by atoms with Crippen molar-refractivity contribution < 1.29 is 4.79 Å². The normalized spacial score (nSPS) is 12.2. The fourth-order valence-corrected chi connectivity index (χ4v) is 2.43. The summed E-state index contributed by atoms with van der Waals surface area (Å²) in [7, 11) is 0. The third kappa shape index (κ3) is 4.57. The van der Waals surface area contributed by atoms with Gasteiger partial charge in [-0.1, -0.05) is 37.3 Å². The van der Waals surface area contributed by atoms with E-state index in [0.717, 1.165) is 11.4 Å². The van der Waals surface area contributed by atoms with E-state index in [1.165, 1.54) is 11.1 Å². The number of hydrogen-bond donors (Lipinski definition) is 2. The molecule has 0 aliphatic carbocycles. The molecule has 130 valence electrons. The molecule has 0 aliphatic rings. The Labute approximate surface area is 143 Å². The average Bonchev–Trinajstić information content (AvgIpc) is 3.00. The maximum atomic E-state index is 12.1. The van der Waals surface area contributed by atoms with Crippen LogP contribution in [-0.2, 0) is 11.3 Å². The Morgan fingerprint density at radius 2 is 1.88 bits per heavy atom. The summed E-state index contributed by atoms with van der Waals surface area (Å²) in [5.41, 5.74) is 4.32. The van der Waals surface area contributed by atoms with Gasteiger partial charge >= 0.3 is 0 Å². The van der Waals surface area contributed by atoms with Gasteiger partial charge in [-0.2, -0.15) is 0 Å². The Balaban J connectivity index is 1.96. The molecule has 0 bridgehead atoms. The average molecular weight is 329 g/mol. The highest BCUT2D eigenvalue weighted by Gasteiger charge is 2.16. The lowest BCUT2D eigenvalue weighted by Gasteiger charge is -2.13. The predicted molar refractivity (Wildman–Crippen MR) is 95.8 cm³/mol. The third-order valence-electron chi connectivity index (χ3n) is 3.95. The van der Waals surface area contributed by atoms with Gasteiger partial charge in [0.2, 0.25) is 5.91 Å². The quantitative estimate of drug-likeness (QED) is 0.819. The van der Waals surface area contributed by atoms with E-state index in [0.29, 0.717) is 19.0 Å². The molecule has 0 aliphatic heterocycles. The fourth-order valence-electron chi connectivity index (χ4n) is 2.43. The van der Waals surface area contributed by atoms with E-state index in [9.17, 15) is 4.79 Å². The van der Waals surface area contributed by atoms with E-state index in [1.54, 1.807) is 4.68 Å². The van der Waals surface area contributed by atoms with Crippen LogP contribution in [0.25, 0.3) is 0 Å².